The lowest BCUT2D eigenvalue weighted by Crippen LogP contribution is -2.27. The lowest BCUT2D eigenvalue weighted by atomic mass is 9.88. The number of carbonyl (C=O) groups excluding carboxylic acids is 2. The molecule has 1 aromatic carbocycles. The predicted molar refractivity (Wildman–Crippen MR) is 89.6 cm³/mol. The first-order valence-corrected chi connectivity index (χ1v) is 8.03. The zero-order chi connectivity index (χ0) is 17.1. The Morgan fingerprint density at radius 3 is 2.57 bits per heavy atom. The molecular weight excluding hydrogens is 316 g/mol. The van der Waals surface area contributed by atoms with Crippen LogP contribution in [0.1, 0.15) is 52.0 Å². The van der Waals surface area contributed by atoms with Gasteiger partial charge in [0.15, 0.2) is 0 Å². The molecule has 1 amide bonds. The van der Waals surface area contributed by atoms with E-state index in [-0.39, 0.29) is 0 Å². The lowest BCUT2D eigenvalue weighted by Gasteiger charge is -2.24. The van der Waals surface area contributed by atoms with Crippen molar-refractivity contribution in [2.24, 2.45) is 4.99 Å². The van der Waals surface area contributed by atoms with E-state index in [1.54, 1.807) is 39.0 Å². The third-order valence-corrected chi connectivity index (χ3v) is 4.16. The first kappa shape index (κ1) is 17.5. The van der Waals surface area contributed by atoms with E-state index < -0.39 is 17.2 Å². The molecule has 0 heterocycles. The number of benzene rings is 1. The Kier molecular flexibility index (Phi) is 5.12. The SMILES string of the molecule is CC(C)(C)OC(=O)Nc1cc(C2(N=C=O)CCCC2)ccc1Cl. The number of amides is 1. The van der Waals surface area contributed by atoms with E-state index in [1.807, 2.05) is 6.07 Å². The van der Waals surface area contributed by atoms with Crippen molar-refractivity contribution < 1.29 is 14.3 Å². The van der Waals surface area contributed by atoms with Gasteiger partial charge in [-0.2, -0.15) is 4.99 Å². The molecule has 5 nitrogen and oxygen atoms in total. The summed E-state index contributed by atoms with van der Waals surface area (Å²) in [4.78, 5) is 26.8. The molecule has 2 rings (SSSR count). The van der Waals surface area contributed by atoms with Crippen molar-refractivity contribution in [1.29, 1.82) is 0 Å². The zero-order valence-corrected chi connectivity index (χ0v) is 14.4. The normalized spacial score (nSPS) is 16.5. The minimum atomic E-state index is -0.595. The van der Waals surface area contributed by atoms with E-state index in [0.29, 0.717) is 10.7 Å². The van der Waals surface area contributed by atoms with Crippen LogP contribution in [-0.2, 0) is 15.1 Å². The van der Waals surface area contributed by atoms with Gasteiger partial charge in [-0.05, 0) is 51.3 Å². The van der Waals surface area contributed by atoms with Gasteiger partial charge < -0.3 is 4.74 Å². The molecule has 1 saturated carbocycles. The molecule has 0 radical (unpaired) electrons. The molecule has 0 spiro atoms. The van der Waals surface area contributed by atoms with Crippen LogP contribution in [0.3, 0.4) is 0 Å². The molecule has 0 saturated heterocycles. The summed E-state index contributed by atoms with van der Waals surface area (Å²) in [6.07, 6.45) is 4.69. The Bertz CT molecular complexity index is 640. The maximum atomic E-state index is 11.9. The molecule has 1 aliphatic rings. The fourth-order valence-corrected chi connectivity index (χ4v) is 3.00. The minimum Gasteiger partial charge on any atom is -0.444 e. The summed E-state index contributed by atoms with van der Waals surface area (Å²) in [5.41, 5.74) is 0.152. The summed E-state index contributed by atoms with van der Waals surface area (Å²) in [7, 11) is 0. The Hall–Kier alpha value is -1.84. The number of isocyanates is 1. The molecule has 6 heteroatoms. The molecule has 23 heavy (non-hydrogen) atoms. The van der Waals surface area contributed by atoms with E-state index in [0.717, 1.165) is 31.2 Å². The van der Waals surface area contributed by atoms with Crippen LogP contribution in [0.5, 0.6) is 0 Å². The summed E-state index contributed by atoms with van der Waals surface area (Å²) >= 11 is 6.16. The molecule has 1 aromatic rings. The highest BCUT2D eigenvalue weighted by Crippen LogP contribution is 2.43. The zero-order valence-electron chi connectivity index (χ0n) is 13.6. The second-order valence-electron chi connectivity index (χ2n) is 6.76. The average molecular weight is 337 g/mol. The lowest BCUT2D eigenvalue weighted by molar-refractivity contribution is 0.0636. The molecule has 0 aromatic heterocycles. The first-order valence-electron chi connectivity index (χ1n) is 7.65. The van der Waals surface area contributed by atoms with Gasteiger partial charge in [0.1, 0.15) is 5.60 Å². The molecule has 0 unspecified atom stereocenters. The van der Waals surface area contributed by atoms with Gasteiger partial charge in [0, 0.05) is 0 Å². The van der Waals surface area contributed by atoms with Crippen molar-refractivity contribution in [3.63, 3.8) is 0 Å². The Balaban J connectivity index is 2.28. The topological polar surface area (TPSA) is 67.8 Å². The Morgan fingerprint density at radius 2 is 2.00 bits per heavy atom. The van der Waals surface area contributed by atoms with Gasteiger partial charge >= 0.3 is 6.09 Å². The monoisotopic (exact) mass is 336 g/mol. The van der Waals surface area contributed by atoms with Crippen LogP contribution in [0.15, 0.2) is 23.2 Å². The Morgan fingerprint density at radius 1 is 1.35 bits per heavy atom. The van der Waals surface area contributed by atoms with Gasteiger partial charge in [0.2, 0.25) is 6.08 Å². The maximum absolute atomic E-state index is 11.9. The third-order valence-electron chi connectivity index (χ3n) is 3.83. The largest absolute Gasteiger partial charge is 0.444 e. The number of nitrogens with zero attached hydrogens (tertiary/aromatic N) is 1. The van der Waals surface area contributed by atoms with E-state index >= 15 is 0 Å². The van der Waals surface area contributed by atoms with Crippen LogP contribution in [-0.4, -0.2) is 17.8 Å². The standard InChI is InChI=1S/C17H21ClN2O3/c1-16(2,3)23-15(22)20-14-10-12(6-7-13(14)18)17(19-11-21)8-4-5-9-17/h6-7,10H,4-5,8-9H2,1-3H3,(H,20,22). The van der Waals surface area contributed by atoms with Gasteiger partial charge in [-0.15, -0.1) is 0 Å². The van der Waals surface area contributed by atoms with Crippen LogP contribution in [0.4, 0.5) is 10.5 Å². The number of halogens is 1. The number of anilines is 1. The number of hydrogen-bond acceptors (Lipinski definition) is 4. The number of carbonyl (C=O) groups is 1. The van der Waals surface area contributed by atoms with Crippen LogP contribution in [0.2, 0.25) is 5.02 Å². The second-order valence-corrected chi connectivity index (χ2v) is 7.17. The van der Waals surface area contributed by atoms with Crippen molar-refractivity contribution in [2.45, 2.75) is 57.6 Å². The predicted octanol–water partition coefficient (Wildman–Crippen LogP) is 4.79. The Labute approximate surface area is 141 Å². The van der Waals surface area contributed by atoms with Gasteiger partial charge in [-0.1, -0.05) is 30.5 Å². The van der Waals surface area contributed by atoms with Crippen molar-refractivity contribution in [2.75, 3.05) is 5.32 Å². The summed E-state index contributed by atoms with van der Waals surface area (Å²) < 4.78 is 5.24. The van der Waals surface area contributed by atoms with Crippen LogP contribution >= 0.6 is 11.6 Å². The third kappa shape index (κ3) is 4.34. The summed E-state index contributed by atoms with van der Waals surface area (Å²) in [5.74, 6) is 0. The number of nitrogens with one attached hydrogen (secondary N) is 1. The van der Waals surface area contributed by atoms with Crippen molar-refractivity contribution in [3.05, 3.63) is 28.8 Å². The summed E-state index contributed by atoms with van der Waals surface area (Å²) in [6.45, 7) is 5.37. The van der Waals surface area contributed by atoms with Gasteiger partial charge in [0.25, 0.3) is 0 Å². The highest BCUT2D eigenvalue weighted by Gasteiger charge is 2.36. The van der Waals surface area contributed by atoms with Gasteiger partial charge in [0.05, 0.1) is 16.2 Å². The average Bonchev–Trinajstić information content (AvgIpc) is 2.89. The van der Waals surface area contributed by atoms with E-state index in [2.05, 4.69) is 10.3 Å². The van der Waals surface area contributed by atoms with Gasteiger partial charge in [-0.25, -0.2) is 9.59 Å². The maximum Gasteiger partial charge on any atom is 0.412 e. The highest BCUT2D eigenvalue weighted by atomic mass is 35.5. The second kappa shape index (κ2) is 6.73. The van der Waals surface area contributed by atoms with Gasteiger partial charge in [-0.3, -0.25) is 5.32 Å². The fraction of sp³-hybridized carbons (Fsp3) is 0.529. The number of rotatable bonds is 3. The first-order chi connectivity index (χ1) is 10.8. The molecule has 1 fully saturated rings. The van der Waals surface area contributed by atoms with Crippen molar-refractivity contribution in [1.82, 2.24) is 0 Å². The molecule has 0 aliphatic heterocycles. The van der Waals surface area contributed by atoms with E-state index in [1.165, 1.54) is 0 Å². The van der Waals surface area contributed by atoms with Crippen molar-refractivity contribution >= 4 is 29.5 Å². The smallest absolute Gasteiger partial charge is 0.412 e. The minimum absolute atomic E-state index is 0.405. The van der Waals surface area contributed by atoms with E-state index in [4.69, 9.17) is 16.3 Å². The molecule has 1 N–H and O–H groups in total. The fourth-order valence-electron chi connectivity index (χ4n) is 2.84. The van der Waals surface area contributed by atoms with Crippen LogP contribution in [0.25, 0.3) is 0 Å². The molecule has 0 bridgehead atoms. The number of aliphatic imine (C=N–C) groups is 1. The highest BCUT2D eigenvalue weighted by molar-refractivity contribution is 6.33. The van der Waals surface area contributed by atoms with Crippen LogP contribution in [0, 0.1) is 0 Å². The molecular formula is C17H21ClN2O3. The summed E-state index contributed by atoms with van der Waals surface area (Å²) in [6, 6.07) is 5.30. The number of hydrogen-bond donors (Lipinski definition) is 1. The van der Waals surface area contributed by atoms with Crippen molar-refractivity contribution in [3.8, 4) is 0 Å². The number of ether oxygens (including phenoxy) is 1. The van der Waals surface area contributed by atoms with E-state index in [9.17, 15) is 9.59 Å². The molecule has 0 atom stereocenters. The molecule has 1 aliphatic carbocycles. The summed E-state index contributed by atoms with van der Waals surface area (Å²) in [5, 5.41) is 3.06. The van der Waals surface area contributed by atoms with Crippen LogP contribution < -0.4 is 5.32 Å². The molecule has 124 valence electrons. The quantitative estimate of drug-likeness (QED) is 0.637.